The number of rotatable bonds is 4. The summed E-state index contributed by atoms with van der Waals surface area (Å²) in [7, 11) is 0. The van der Waals surface area contributed by atoms with E-state index < -0.39 is 0 Å². The molecule has 0 aliphatic carbocycles. The lowest BCUT2D eigenvalue weighted by molar-refractivity contribution is -0.117. The second-order valence-corrected chi connectivity index (χ2v) is 5.77. The van der Waals surface area contributed by atoms with Gasteiger partial charge in [0.05, 0.1) is 0 Å². The molecule has 1 aromatic rings. The van der Waals surface area contributed by atoms with E-state index in [4.69, 9.17) is 0 Å². The summed E-state index contributed by atoms with van der Waals surface area (Å²) in [5, 5.41) is 12.1. The van der Waals surface area contributed by atoms with Gasteiger partial charge < -0.3 is 10.2 Å². The summed E-state index contributed by atoms with van der Waals surface area (Å²) in [6.45, 7) is 4.64. The van der Waals surface area contributed by atoms with Gasteiger partial charge in [-0.25, -0.2) is 0 Å². The number of nitriles is 1. The van der Waals surface area contributed by atoms with E-state index >= 15 is 0 Å². The lowest BCUT2D eigenvalue weighted by Gasteiger charge is -2.38. The zero-order chi connectivity index (χ0) is 15.9. The van der Waals surface area contributed by atoms with Crippen molar-refractivity contribution in [2.24, 2.45) is 0 Å². The van der Waals surface area contributed by atoms with Crippen LogP contribution in [0.4, 0.5) is 0 Å². The standard InChI is InChI=1S/C17H22N4O/c1-13-5-3-6-14(2)21(13)12-16(9-18)17(22)20-11-15-7-4-8-19-10-15/h4,7-8,10,12-14H,3,5-6,11H2,1-2H3,(H,20,22)/b16-12-. The Morgan fingerprint density at radius 2 is 2.23 bits per heavy atom. The lowest BCUT2D eigenvalue weighted by Crippen LogP contribution is -2.40. The molecule has 1 aliphatic rings. The number of carbonyl (C=O) groups is 1. The Morgan fingerprint density at radius 3 is 2.82 bits per heavy atom. The van der Waals surface area contributed by atoms with E-state index in [0.29, 0.717) is 18.6 Å². The maximum Gasteiger partial charge on any atom is 0.263 e. The van der Waals surface area contributed by atoms with E-state index in [9.17, 15) is 10.1 Å². The second kappa shape index (κ2) is 7.60. The number of piperidine rings is 1. The van der Waals surface area contributed by atoms with E-state index in [1.54, 1.807) is 18.6 Å². The van der Waals surface area contributed by atoms with Crippen LogP contribution >= 0.6 is 0 Å². The smallest absolute Gasteiger partial charge is 0.263 e. The molecule has 1 fully saturated rings. The van der Waals surface area contributed by atoms with Gasteiger partial charge in [-0.15, -0.1) is 0 Å². The predicted octanol–water partition coefficient (Wildman–Crippen LogP) is 2.37. The monoisotopic (exact) mass is 298 g/mol. The normalized spacial score (nSPS) is 22.0. The van der Waals surface area contributed by atoms with Gasteiger partial charge >= 0.3 is 0 Å². The predicted molar refractivity (Wildman–Crippen MR) is 84.4 cm³/mol. The maximum absolute atomic E-state index is 12.2. The Morgan fingerprint density at radius 1 is 1.50 bits per heavy atom. The fourth-order valence-electron chi connectivity index (χ4n) is 2.76. The molecule has 22 heavy (non-hydrogen) atoms. The number of amides is 1. The molecule has 0 bridgehead atoms. The minimum atomic E-state index is -0.337. The van der Waals surface area contributed by atoms with Gasteiger partial charge in [0.2, 0.25) is 0 Å². The van der Waals surface area contributed by atoms with Gasteiger partial charge in [-0.1, -0.05) is 6.07 Å². The third kappa shape index (κ3) is 4.08. The minimum absolute atomic E-state index is 0.157. The van der Waals surface area contributed by atoms with Crippen LogP contribution in [0.15, 0.2) is 36.3 Å². The molecular formula is C17H22N4O. The molecule has 0 radical (unpaired) electrons. The van der Waals surface area contributed by atoms with Crippen molar-refractivity contribution in [3.63, 3.8) is 0 Å². The number of likely N-dealkylation sites (tertiary alicyclic amines) is 1. The molecule has 2 rings (SSSR count). The van der Waals surface area contributed by atoms with E-state index in [-0.39, 0.29) is 11.5 Å². The van der Waals surface area contributed by atoms with Crippen LogP contribution < -0.4 is 5.32 Å². The molecule has 0 spiro atoms. The summed E-state index contributed by atoms with van der Waals surface area (Å²) in [6, 6.07) is 6.44. The van der Waals surface area contributed by atoms with Crippen molar-refractivity contribution in [3.8, 4) is 6.07 Å². The van der Waals surface area contributed by atoms with E-state index in [0.717, 1.165) is 18.4 Å². The Balaban J connectivity index is 2.02. The van der Waals surface area contributed by atoms with Crippen LogP contribution in [0.3, 0.4) is 0 Å². The van der Waals surface area contributed by atoms with Gasteiger partial charge in [-0.05, 0) is 44.7 Å². The molecule has 1 aliphatic heterocycles. The fourth-order valence-corrected chi connectivity index (χ4v) is 2.76. The molecule has 2 unspecified atom stereocenters. The van der Waals surface area contributed by atoms with Crippen LogP contribution in [0.25, 0.3) is 0 Å². The summed E-state index contributed by atoms with van der Waals surface area (Å²) in [5.74, 6) is -0.337. The number of hydrogen-bond acceptors (Lipinski definition) is 4. The maximum atomic E-state index is 12.2. The highest BCUT2D eigenvalue weighted by atomic mass is 16.1. The Kier molecular flexibility index (Phi) is 5.54. The van der Waals surface area contributed by atoms with Crippen molar-refractivity contribution in [1.82, 2.24) is 15.2 Å². The average Bonchev–Trinajstić information content (AvgIpc) is 2.53. The summed E-state index contributed by atoms with van der Waals surface area (Å²) in [6.07, 6.45) is 8.48. The van der Waals surface area contributed by atoms with Gasteiger partial charge in [-0.3, -0.25) is 9.78 Å². The van der Waals surface area contributed by atoms with Gasteiger partial charge in [0.25, 0.3) is 5.91 Å². The quantitative estimate of drug-likeness (QED) is 0.684. The van der Waals surface area contributed by atoms with Crippen LogP contribution in [0.1, 0.15) is 38.7 Å². The number of carbonyl (C=O) groups excluding carboxylic acids is 1. The lowest BCUT2D eigenvalue weighted by atomic mass is 9.98. The number of pyridine rings is 1. The molecule has 5 nitrogen and oxygen atoms in total. The Labute approximate surface area is 131 Å². The second-order valence-electron chi connectivity index (χ2n) is 5.77. The molecule has 2 atom stereocenters. The Hall–Kier alpha value is -2.35. The van der Waals surface area contributed by atoms with Crippen molar-refractivity contribution >= 4 is 5.91 Å². The van der Waals surface area contributed by atoms with Crippen LogP contribution in [0, 0.1) is 11.3 Å². The first-order valence-corrected chi connectivity index (χ1v) is 7.68. The molecular weight excluding hydrogens is 276 g/mol. The highest BCUT2D eigenvalue weighted by Crippen LogP contribution is 2.23. The molecule has 116 valence electrons. The van der Waals surface area contributed by atoms with Crippen LogP contribution in [0.5, 0.6) is 0 Å². The highest BCUT2D eigenvalue weighted by Gasteiger charge is 2.23. The zero-order valence-electron chi connectivity index (χ0n) is 13.1. The van der Waals surface area contributed by atoms with E-state index in [2.05, 4.69) is 29.0 Å². The summed E-state index contributed by atoms with van der Waals surface area (Å²) in [4.78, 5) is 18.3. The third-order valence-corrected chi connectivity index (χ3v) is 4.08. The molecule has 5 heteroatoms. The first kappa shape index (κ1) is 16.0. The molecule has 0 saturated carbocycles. The number of nitrogens with one attached hydrogen (secondary N) is 1. The highest BCUT2D eigenvalue weighted by molar-refractivity contribution is 5.97. The van der Waals surface area contributed by atoms with E-state index in [1.807, 2.05) is 18.2 Å². The van der Waals surface area contributed by atoms with Gasteiger partial charge in [-0.2, -0.15) is 5.26 Å². The largest absolute Gasteiger partial charge is 0.371 e. The number of hydrogen-bond donors (Lipinski definition) is 1. The van der Waals surface area contributed by atoms with Gasteiger partial charge in [0, 0.05) is 37.2 Å². The van der Waals surface area contributed by atoms with Crippen molar-refractivity contribution in [2.45, 2.75) is 51.7 Å². The molecule has 1 saturated heterocycles. The molecule has 0 aromatic carbocycles. The van der Waals surface area contributed by atoms with E-state index in [1.165, 1.54) is 6.42 Å². The zero-order valence-corrected chi connectivity index (χ0v) is 13.1. The fraction of sp³-hybridized carbons (Fsp3) is 0.471. The topological polar surface area (TPSA) is 69.0 Å². The van der Waals surface area contributed by atoms with Gasteiger partial charge in [0.15, 0.2) is 0 Å². The number of aromatic nitrogens is 1. The van der Waals surface area contributed by atoms with Crippen molar-refractivity contribution in [1.29, 1.82) is 5.26 Å². The Bertz CT molecular complexity index is 566. The minimum Gasteiger partial charge on any atom is -0.371 e. The van der Waals surface area contributed by atoms with Crippen molar-refractivity contribution in [3.05, 3.63) is 41.9 Å². The molecule has 1 N–H and O–H groups in total. The summed E-state index contributed by atoms with van der Waals surface area (Å²) in [5.41, 5.74) is 1.07. The first-order chi connectivity index (χ1) is 10.6. The van der Waals surface area contributed by atoms with Crippen LogP contribution in [0.2, 0.25) is 0 Å². The van der Waals surface area contributed by atoms with Gasteiger partial charge in [0.1, 0.15) is 11.6 Å². The summed E-state index contributed by atoms with van der Waals surface area (Å²) >= 11 is 0. The average molecular weight is 298 g/mol. The summed E-state index contributed by atoms with van der Waals surface area (Å²) < 4.78 is 0. The molecule has 1 amide bonds. The first-order valence-electron chi connectivity index (χ1n) is 7.68. The third-order valence-electron chi connectivity index (χ3n) is 4.08. The van der Waals surface area contributed by atoms with Crippen LogP contribution in [-0.2, 0) is 11.3 Å². The molecule has 2 heterocycles. The van der Waals surface area contributed by atoms with Crippen molar-refractivity contribution in [2.75, 3.05) is 0 Å². The van der Waals surface area contributed by atoms with Crippen molar-refractivity contribution < 1.29 is 4.79 Å². The SMILES string of the molecule is CC1CCCC(C)N1/C=C(/C#N)C(=O)NCc1cccnc1. The number of nitrogens with zero attached hydrogens (tertiary/aromatic N) is 3. The van der Waals surface area contributed by atoms with Crippen LogP contribution in [-0.4, -0.2) is 27.9 Å². The molecule has 1 aromatic heterocycles.